The zero-order valence-electron chi connectivity index (χ0n) is 7.61. The summed E-state index contributed by atoms with van der Waals surface area (Å²) in [6.45, 7) is 0. The lowest BCUT2D eigenvalue weighted by atomic mass is 10.3. The lowest BCUT2D eigenvalue weighted by Crippen LogP contribution is -2.04. The molecular weight excluding hydrogens is 199 g/mol. The van der Waals surface area contributed by atoms with Crippen molar-refractivity contribution in [3.05, 3.63) is 52.8 Å². The smallest absolute Gasteiger partial charge is 0.254 e. The number of ether oxygens (including phenoxy) is 1. The van der Waals surface area contributed by atoms with E-state index in [9.17, 15) is 9.18 Å². The summed E-state index contributed by atoms with van der Waals surface area (Å²) in [6.07, 6.45) is 1.19. The first-order chi connectivity index (χ1) is 7.25. The average Bonchev–Trinajstić information content (AvgIpc) is 2.22. The van der Waals surface area contributed by atoms with E-state index in [1.165, 1.54) is 18.5 Å². The van der Waals surface area contributed by atoms with Gasteiger partial charge in [0.25, 0.3) is 5.56 Å². The fourth-order valence-electron chi connectivity index (χ4n) is 1.05. The lowest BCUT2D eigenvalue weighted by molar-refractivity contribution is 0.426. The molecule has 1 heterocycles. The fourth-order valence-corrected chi connectivity index (χ4v) is 1.05. The second-order valence-corrected chi connectivity index (χ2v) is 2.78. The van der Waals surface area contributed by atoms with Gasteiger partial charge in [-0.05, 0) is 12.1 Å². The standard InChI is InChI=1S/C10H7FN2O2/c11-7-3-1-2-4-8(7)15-10-5-9(14)12-6-13-10/h1-6H,(H,12,13,14). The minimum Gasteiger partial charge on any atom is -0.436 e. The Morgan fingerprint density at radius 2 is 2.13 bits per heavy atom. The Labute approximate surface area is 84.4 Å². The van der Waals surface area contributed by atoms with E-state index < -0.39 is 5.82 Å². The third-order valence-electron chi connectivity index (χ3n) is 1.70. The van der Waals surface area contributed by atoms with Gasteiger partial charge in [0.05, 0.1) is 12.4 Å². The van der Waals surface area contributed by atoms with Crippen LogP contribution in [-0.2, 0) is 0 Å². The van der Waals surface area contributed by atoms with Crippen LogP contribution < -0.4 is 10.3 Å². The van der Waals surface area contributed by atoms with Crippen LogP contribution in [0.15, 0.2) is 41.5 Å². The van der Waals surface area contributed by atoms with E-state index in [-0.39, 0.29) is 17.2 Å². The van der Waals surface area contributed by atoms with E-state index in [1.54, 1.807) is 12.1 Å². The molecule has 2 rings (SSSR count). The van der Waals surface area contributed by atoms with Crippen LogP contribution in [-0.4, -0.2) is 9.97 Å². The first-order valence-electron chi connectivity index (χ1n) is 4.23. The molecule has 0 atom stereocenters. The third-order valence-corrected chi connectivity index (χ3v) is 1.70. The van der Waals surface area contributed by atoms with Gasteiger partial charge >= 0.3 is 0 Å². The highest BCUT2D eigenvalue weighted by Gasteiger charge is 2.03. The first-order valence-corrected chi connectivity index (χ1v) is 4.23. The van der Waals surface area contributed by atoms with Crippen LogP contribution in [0.4, 0.5) is 4.39 Å². The van der Waals surface area contributed by atoms with Crippen molar-refractivity contribution in [3.63, 3.8) is 0 Å². The number of hydrogen-bond donors (Lipinski definition) is 1. The van der Waals surface area contributed by atoms with Crippen LogP contribution >= 0.6 is 0 Å². The topological polar surface area (TPSA) is 55.0 Å². The molecule has 0 saturated carbocycles. The summed E-state index contributed by atoms with van der Waals surface area (Å²) in [4.78, 5) is 17.0. The van der Waals surface area contributed by atoms with E-state index in [0.29, 0.717) is 0 Å². The Bertz CT molecular complexity index is 525. The van der Waals surface area contributed by atoms with E-state index in [4.69, 9.17) is 4.74 Å². The predicted molar refractivity (Wildman–Crippen MR) is 51.3 cm³/mol. The molecule has 0 radical (unpaired) electrons. The second kappa shape index (κ2) is 3.91. The summed E-state index contributed by atoms with van der Waals surface area (Å²) in [5.41, 5.74) is -0.351. The van der Waals surface area contributed by atoms with E-state index in [2.05, 4.69) is 9.97 Å². The molecule has 1 N–H and O–H groups in total. The maximum absolute atomic E-state index is 13.1. The summed E-state index contributed by atoms with van der Waals surface area (Å²) in [7, 11) is 0. The Balaban J connectivity index is 2.30. The van der Waals surface area contributed by atoms with Gasteiger partial charge in [0.1, 0.15) is 0 Å². The number of para-hydroxylation sites is 1. The maximum Gasteiger partial charge on any atom is 0.254 e. The van der Waals surface area contributed by atoms with Crippen LogP contribution in [0.1, 0.15) is 0 Å². The summed E-state index contributed by atoms with van der Waals surface area (Å²) in [5.74, 6) is -0.404. The molecule has 2 aromatic rings. The summed E-state index contributed by atoms with van der Waals surface area (Å²) in [6, 6.07) is 7.05. The van der Waals surface area contributed by atoms with E-state index in [0.717, 1.165) is 6.07 Å². The number of nitrogens with zero attached hydrogens (tertiary/aromatic N) is 1. The molecule has 0 unspecified atom stereocenters. The van der Waals surface area contributed by atoms with Gasteiger partial charge in [-0.1, -0.05) is 12.1 Å². The van der Waals surface area contributed by atoms with Gasteiger partial charge < -0.3 is 9.72 Å². The monoisotopic (exact) mass is 206 g/mol. The maximum atomic E-state index is 13.1. The highest BCUT2D eigenvalue weighted by atomic mass is 19.1. The molecule has 0 aliphatic carbocycles. The highest BCUT2D eigenvalue weighted by Crippen LogP contribution is 2.20. The largest absolute Gasteiger partial charge is 0.436 e. The van der Waals surface area contributed by atoms with Crippen molar-refractivity contribution in [3.8, 4) is 11.6 Å². The number of nitrogens with one attached hydrogen (secondary N) is 1. The molecule has 15 heavy (non-hydrogen) atoms. The van der Waals surface area contributed by atoms with E-state index in [1.807, 2.05) is 0 Å². The number of hydrogen-bond acceptors (Lipinski definition) is 3. The summed E-state index contributed by atoms with van der Waals surface area (Å²) >= 11 is 0. The van der Waals surface area contributed by atoms with Gasteiger partial charge in [0.2, 0.25) is 5.88 Å². The molecule has 1 aromatic carbocycles. The Hall–Kier alpha value is -2.17. The van der Waals surface area contributed by atoms with E-state index >= 15 is 0 Å². The molecule has 4 nitrogen and oxygen atoms in total. The molecule has 1 aromatic heterocycles. The average molecular weight is 206 g/mol. The van der Waals surface area contributed by atoms with Crippen molar-refractivity contribution < 1.29 is 9.13 Å². The molecule has 0 spiro atoms. The Kier molecular flexibility index (Phi) is 2.45. The normalized spacial score (nSPS) is 9.93. The zero-order chi connectivity index (χ0) is 10.7. The van der Waals surface area contributed by atoms with Gasteiger partial charge in [0, 0.05) is 0 Å². The minimum atomic E-state index is -0.500. The van der Waals surface area contributed by atoms with Crippen LogP contribution in [0.3, 0.4) is 0 Å². The number of benzene rings is 1. The fraction of sp³-hybridized carbons (Fsp3) is 0. The molecule has 0 saturated heterocycles. The van der Waals surface area contributed by atoms with Crippen molar-refractivity contribution in [2.24, 2.45) is 0 Å². The molecular formula is C10H7FN2O2. The van der Waals surface area contributed by atoms with Crippen molar-refractivity contribution in [1.82, 2.24) is 9.97 Å². The number of H-pyrrole nitrogens is 1. The lowest BCUT2D eigenvalue weighted by Gasteiger charge is -2.03. The van der Waals surface area contributed by atoms with Gasteiger partial charge in [0.15, 0.2) is 11.6 Å². The molecule has 0 aliphatic heterocycles. The van der Waals surface area contributed by atoms with Gasteiger partial charge in [-0.3, -0.25) is 4.79 Å². The van der Waals surface area contributed by atoms with Crippen molar-refractivity contribution in [1.29, 1.82) is 0 Å². The van der Waals surface area contributed by atoms with Gasteiger partial charge in [-0.15, -0.1) is 0 Å². The number of aromatic nitrogens is 2. The zero-order valence-corrected chi connectivity index (χ0v) is 7.61. The summed E-state index contributed by atoms with van der Waals surface area (Å²) < 4.78 is 18.2. The Morgan fingerprint density at radius 1 is 1.33 bits per heavy atom. The van der Waals surface area contributed by atoms with Crippen LogP contribution in [0.2, 0.25) is 0 Å². The second-order valence-electron chi connectivity index (χ2n) is 2.78. The number of halogens is 1. The van der Waals surface area contributed by atoms with Crippen LogP contribution in [0.5, 0.6) is 11.6 Å². The summed E-state index contributed by atoms with van der Waals surface area (Å²) in [5, 5.41) is 0. The SMILES string of the molecule is O=c1cc(Oc2ccccc2F)nc[nH]1. The molecule has 0 bridgehead atoms. The first kappa shape index (κ1) is 9.39. The van der Waals surface area contributed by atoms with Gasteiger partial charge in [-0.2, -0.15) is 0 Å². The van der Waals surface area contributed by atoms with Crippen molar-refractivity contribution >= 4 is 0 Å². The molecule has 0 amide bonds. The third kappa shape index (κ3) is 2.19. The van der Waals surface area contributed by atoms with Gasteiger partial charge in [-0.25, -0.2) is 9.37 Å². The highest BCUT2D eigenvalue weighted by molar-refractivity contribution is 5.27. The number of aromatic amines is 1. The predicted octanol–water partition coefficient (Wildman–Crippen LogP) is 1.70. The molecule has 76 valence electrons. The molecule has 0 fully saturated rings. The molecule has 5 heteroatoms. The quantitative estimate of drug-likeness (QED) is 0.813. The van der Waals surface area contributed by atoms with Crippen molar-refractivity contribution in [2.75, 3.05) is 0 Å². The van der Waals surface area contributed by atoms with Crippen LogP contribution in [0.25, 0.3) is 0 Å². The van der Waals surface area contributed by atoms with Crippen LogP contribution in [0, 0.1) is 5.82 Å². The number of rotatable bonds is 2. The minimum absolute atomic E-state index is 0.0376. The Morgan fingerprint density at radius 3 is 2.87 bits per heavy atom. The van der Waals surface area contributed by atoms with Crippen molar-refractivity contribution in [2.45, 2.75) is 0 Å². The molecule has 0 aliphatic rings.